The van der Waals surface area contributed by atoms with E-state index in [0.717, 1.165) is 25.3 Å². The molecule has 22 heavy (non-hydrogen) atoms. The number of ketones is 1. The highest BCUT2D eigenvalue weighted by molar-refractivity contribution is 5.84. The number of Topliss-reactive ketones (excluding diaryl/α,β-unsaturated/α-hetero) is 1. The molecular weight excluding hydrogens is 270 g/mol. The number of carbonyl (C=O) groups excluding carboxylic acids is 1. The molecule has 0 aliphatic carbocycles. The van der Waals surface area contributed by atoms with Gasteiger partial charge in [-0.2, -0.15) is 0 Å². The largest absolute Gasteiger partial charge is 0.307 e. The van der Waals surface area contributed by atoms with Gasteiger partial charge in [0.1, 0.15) is 5.78 Å². The maximum absolute atomic E-state index is 12.6. The Bertz CT molecular complexity index is 300. The molecule has 0 aromatic carbocycles. The van der Waals surface area contributed by atoms with Gasteiger partial charge < -0.3 is 5.32 Å². The van der Waals surface area contributed by atoms with Crippen LogP contribution in [0.15, 0.2) is 0 Å². The van der Waals surface area contributed by atoms with Gasteiger partial charge in [0.25, 0.3) is 0 Å². The monoisotopic (exact) mass is 309 g/mol. The van der Waals surface area contributed by atoms with Crippen molar-refractivity contribution in [3.05, 3.63) is 0 Å². The van der Waals surface area contributed by atoms with Gasteiger partial charge in [0.05, 0.1) is 6.04 Å². The minimum Gasteiger partial charge on any atom is -0.307 e. The normalized spacial score (nSPS) is 30.2. The second-order valence-electron chi connectivity index (χ2n) is 7.97. The molecule has 1 rings (SSSR count). The SMILES string of the molecule is CCC1CCCCCCN[C@@H](CC(C)C)C(=O)CC(C)CC1. The molecule has 1 heterocycles. The summed E-state index contributed by atoms with van der Waals surface area (Å²) < 4.78 is 0. The maximum Gasteiger partial charge on any atom is 0.150 e. The van der Waals surface area contributed by atoms with Gasteiger partial charge in [-0.05, 0) is 37.1 Å². The van der Waals surface area contributed by atoms with E-state index in [9.17, 15) is 4.79 Å². The summed E-state index contributed by atoms with van der Waals surface area (Å²) in [5.74, 6) is 2.46. The quantitative estimate of drug-likeness (QED) is 0.760. The van der Waals surface area contributed by atoms with Gasteiger partial charge in [0.15, 0.2) is 0 Å². The van der Waals surface area contributed by atoms with Gasteiger partial charge in [0.2, 0.25) is 0 Å². The van der Waals surface area contributed by atoms with Crippen LogP contribution >= 0.6 is 0 Å². The van der Waals surface area contributed by atoms with Crippen molar-refractivity contribution in [2.24, 2.45) is 17.8 Å². The zero-order valence-corrected chi connectivity index (χ0v) is 15.5. The number of nitrogens with one attached hydrogen (secondary N) is 1. The molecule has 1 aliphatic heterocycles. The second kappa shape index (κ2) is 11.2. The predicted molar refractivity (Wildman–Crippen MR) is 96.1 cm³/mol. The first-order valence-electron chi connectivity index (χ1n) is 9.79. The zero-order valence-electron chi connectivity index (χ0n) is 15.5. The standard InChI is InChI=1S/C20H39NO/c1-5-18-10-8-6-7-9-13-21-19(14-16(2)3)20(22)15-17(4)11-12-18/h16-19,21H,5-15H2,1-4H3/t17?,18?,19-/m0/s1. The van der Waals surface area contributed by atoms with Crippen LogP contribution in [0.2, 0.25) is 0 Å². The molecule has 3 atom stereocenters. The molecular formula is C20H39NO. The van der Waals surface area contributed by atoms with Gasteiger partial charge in [-0.25, -0.2) is 0 Å². The number of rotatable bonds is 3. The van der Waals surface area contributed by atoms with E-state index in [4.69, 9.17) is 0 Å². The van der Waals surface area contributed by atoms with E-state index in [0.29, 0.717) is 17.6 Å². The highest BCUT2D eigenvalue weighted by Crippen LogP contribution is 2.24. The fourth-order valence-corrected chi connectivity index (χ4v) is 3.65. The maximum atomic E-state index is 12.6. The van der Waals surface area contributed by atoms with Crippen LogP contribution < -0.4 is 5.32 Å². The number of carbonyl (C=O) groups is 1. The summed E-state index contributed by atoms with van der Waals surface area (Å²) in [5, 5.41) is 3.55. The van der Waals surface area contributed by atoms with E-state index in [1.807, 2.05) is 0 Å². The Balaban J connectivity index is 2.59. The Hall–Kier alpha value is -0.370. The molecule has 0 amide bonds. The first-order chi connectivity index (χ1) is 10.5. The number of hydrogen-bond acceptors (Lipinski definition) is 2. The molecule has 0 aromatic heterocycles. The summed E-state index contributed by atoms with van der Waals surface area (Å²) in [5.41, 5.74) is 0. The van der Waals surface area contributed by atoms with Gasteiger partial charge in [-0.1, -0.05) is 72.6 Å². The van der Waals surface area contributed by atoms with Crippen LogP contribution in [-0.2, 0) is 4.79 Å². The predicted octanol–water partition coefficient (Wildman–Crippen LogP) is 5.36. The summed E-state index contributed by atoms with van der Waals surface area (Å²) in [4.78, 5) is 12.6. The van der Waals surface area contributed by atoms with Crippen molar-refractivity contribution >= 4 is 5.78 Å². The Labute approximate surface area is 138 Å². The molecule has 2 unspecified atom stereocenters. The molecule has 1 saturated heterocycles. The van der Waals surface area contributed by atoms with E-state index in [1.165, 1.54) is 51.4 Å². The third-order valence-corrected chi connectivity index (χ3v) is 5.22. The van der Waals surface area contributed by atoms with Gasteiger partial charge in [-0.15, -0.1) is 0 Å². The fraction of sp³-hybridized carbons (Fsp3) is 0.950. The minimum atomic E-state index is 0.0902. The molecule has 0 spiro atoms. The molecule has 2 heteroatoms. The highest BCUT2D eigenvalue weighted by Gasteiger charge is 2.21. The molecule has 0 aromatic rings. The lowest BCUT2D eigenvalue weighted by Crippen LogP contribution is -2.39. The summed E-state index contributed by atoms with van der Waals surface area (Å²) in [7, 11) is 0. The van der Waals surface area contributed by atoms with Gasteiger partial charge in [0, 0.05) is 6.42 Å². The Morgan fingerprint density at radius 1 is 1.09 bits per heavy atom. The van der Waals surface area contributed by atoms with Crippen molar-refractivity contribution in [2.75, 3.05) is 6.54 Å². The van der Waals surface area contributed by atoms with Gasteiger partial charge in [-0.3, -0.25) is 4.79 Å². The molecule has 0 saturated carbocycles. The van der Waals surface area contributed by atoms with Crippen LogP contribution in [-0.4, -0.2) is 18.4 Å². The van der Waals surface area contributed by atoms with E-state index in [2.05, 4.69) is 33.0 Å². The van der Waals surface area contributed by atoms with Crippen LogP contribution in [0.4, 0.5) is 0 Å². The van der Waals surface area contributed by atoms with Crippen LogP contribution in [0.25, 0.3) is 0 Å². The summed E-state index contributed by atoms with van der Waals surface area (Å²) in [6, 6.07) is 0.0902. The van der Waals surface area contributed by atoms with Crippen molar-refractivity contribution in [3.8, 4) is 0 Å². The molecule has 1 fully saturated rings. The molecule has 2 nitrogen and oxygen atoms in total. The minimum absolute atomic E-state index is 0.0902. The lowest BCUT2D eigenvalue weighted by atomic mass is 9.87. The van der Waals surface area contributed by atoms with E-state index < -0.39 is 0 Å². The summed E-state index contributed by atoms with van der Waals surface area (Å²) in [6.07, 6.45) is 12.3. The van der Waals surface area contributed by atoms with Crippen molar-refractivity contribution in [1.82, 2.24) is 5.32 Å². The highest BCUT2D eigenvalue weighted by atomic mass is 16.1. The third-order valence-electron chi connectivity index (χ3n) is 5.22. The third kappa shape index (κ3) is 8.31. The fourth-order valence-electron chi connectivity index (χ4n) is 3.65. The molecule has 0 radical (unpaired) electrons. The first-order valence-corrected chi connectivity index (χ1v) is 9.79. The molecule has 1 N–H and O–H groups in total. The van der Waals surface area contributed by atoms with E-state index in [-0.39, 0.29) is 6.04 Å². The molecule has 130 valence electrons. The average Bonchev–Trinajstić information content (AvgIpc) is 2.46. The summed E-state index contributed by atoms with van der Waals surface area (Å²) >= 11 is 0. The Morgan fingerprint density at radius 2 is 1.82 bits per heavy atom. The zero-order chi connectivity index (χ0) is 16.4. The van der Waals surface area contributed by atoms with Crippen LogP contribution in [0.3, 0.4) is 0 Å². The second-order valence-corrected chi connectivity index (χ2v) is 7.97. The van der Waals surface area contributed by atoms with Crippen molar-refractivity contribution in [3.63, 3.8) is 0 Å². The van der Waals surface area contributed by atoms with Crippen molar-refractivity contribution < 1.29 is 4.79 Å². The van der Waals surface area contributed by atoms with Crippen LogP contribution in [0, 0.1) is 17.8 Å². The lowest BCUT2D eigenvalue weighted by molar-refractivity contribution is -0.122. The number of hydrogen-bond donors (Lipinski definition) is 1. The molecule has 1 aliphatic rings. The molecule has 0 bridgehead atoms. The van der Waals surface area contributed by atoms with Gasteiger partial charge >= 0.3 is 0 Å². The Morgan fingerprint density at radius 3 is 2.50 bits per heavy atom. The van der Waals surface area contributed by atoms with Crippen LogP contribution in [0.1, 0.15) is 91.9 Å². The smallest absolute Gasteiger partial charge is 0.150 e. The van der Waals surface area contributed by atoms with Crippen molar-refractivity contribution in [2.45, 2.75) is 97.9 Å². The average molecular weight is 310 g/mol. The van der Waals surface area contributed by atoms with Crippen molar-refractivity contribution in [1.29, 1.82) is 0 Å². The van der Waals surface area contributed by atoms with Crippen LogP contribution in [0.5, 0.6) is 0 Å². The Kier molecular flexibility index (Phi) is 10.0. The summed E-state index contributed by atoms with van der Waals surface area (Å²) in [6.45, 7) is 10.0. The first kappa shape index (κ1) is 19.7. The lowest BCUT2D eigenvalue weighted by Gasteiger charge is -2.23. The van der Waals surface area contributed by atoms with E-state index >= 15 is 0 Å². The topological polar surface area (TPSA) is 29.1 Å². The van der Waals surface area contributed by atoms with E-state index in [1.54, 1.807) is 0 Å².